The summed E-state index contributed by atoms with van der Waals surface area (Å²) in [6, 6.07) is 21.6. The lowest BCUT2D eigenvalue weighted by molar-refractivity contribution is -0.141. The molecular weight excluding hydrogens is 495 g/mol. The zero-order valence-corrected chi connectivity index (χ0v) is 22.4. The fourth-order valence-electron chi connectivity index (χ4n) is 3.85. The topological polar surface area (TPSA) is 58.6 Å². The summed E-state index contributed by atoms with van der Waals surface area (Å²) in [5.41, 5.74) is 2.60. The van der Waals surface area contributed by atoms with Crippen molar-refractivity contribution >= 4 is 35.0 Å². The lowest BCUT2D eigenvalue weighted by Gasteiger charge is -2.32. The Morgan fingerprint density at radius 2 is 1.58 bits per heavy atom. The number of nitrogens with one attached hydrogen (secondary N) is 1. The Balaban J connectivity index is 1.97. The minimum Gasteiger partial charge on any atom is -0.497 e. The molecule has 2 atom stereocenters. The van der Waals surface area contributed by atoms with E-state index in [1.54, 1.807) is 24.1 Å². The summed E-state index contributed by atoms with van der Waals surface area (Å²) in [6.07, 6.45) is 1.32. The highest BCUT2D eigenvalue weighted by atomic mass is 35.5. The molecule has 0 saturated heterocycles. The molecule has 3 aromatic carbocycles. The second-order valence-corrected chi connectivity index (χ2v) is 9.63. The van der Waals surface area contributed by atoms with Crippen molar-refractivity contribution in [3.63, 3.8) is 0 Å². The highest BCUT2D eigenvalue weighted by Crippen LogP contribution is 2.25. The van der Waals surface area contributed by atoms with Crippen LogP contribution in [0.25, 0.3) is 0 Å². The number of amides is 2. The molecule has 0 aliphatic heterocycles. The predicted octanol–water partition coefficient (Wildman–Crippen LogP) is 6.10. The number of halogens is 2. The van der Waals surface area contributed by atoms with Crippen LogP contribution in [0.4, 0.5) is 0 Å². The van der Waals surface area contributed by atoms with Gasteiger partial charge in [0.2, 0.25) is 11.8 Å². The molecule has 1 N–H and O–H groups in total. The Labute approximate surface area is 223 Å². The molecule has 190 valence electrons. The van der Waals surface area contributed by atoms with E-state index < -0.39 is 6.04 Å². The summed E-state index contributed by atoms with van der Waals surface area (Å²) < 4.78 is 5.23. The third-order valence-electron chi connectivity index (χ3n) is 6.12. The maximum absolute atomic E-state index is 13.8. The number of rotatable bonds is 11. The summed E-state index contributed by atoms with van der Waals surface area (Å²) >= 11 is 12.4. The van der Waals surface area contributed by atoms with E-state index in [0.717, 1.165) is 23.1 Å². The van der Waals surface area contributed by atoms with Crippen LogP contribution in [-0.4, -0.2) is 35.9 Å². The highest BCUT2D eigenvalue weighted by Gasteiger charge is 2.31. The van der Waals surface area contributed by atoms with Gasteiger partial charge in [-0.1, -0.05) is 78.7 Å². The van der Waals surface area contributed by atoms with Crippen molar-refractivity contribution in [2.24, 2.45) is 0 Å². The van der Waals surface area contributed by atoms with Gasteiger partial charge in [0, 0.05) is 19.0 Å². The van der Waals surface area contributed by atoms with E-state index in [2.05, 4.69) is 5.32 Å². The third kappa shape index (κ3) is 7.74. The maximum Gasteiger partial charge on any atom is 0.243 e. The van der Waals surface area contributed by atoms with E-state index in [0.29, 0.717) is 22.2 Å². The number of nitrogens with zero attached hydrogens (tertiary/aromatic N) is 1. The molecule has 0 radical (unpaired) electrons. The van der Waals surface area contributed by atoms with Crippen LogP contribution in [0.5, 0.6) is 5.75 Å². The molecule has 0 unspecified atom stereocenters. The van der Waals surface area contributed by atoms with E-state index in [9.17, 15) is 9.59 Å². The molecule has 7 heteroatoms. The van der Waals surface area contributed by atoms with Crippen LogP contribution >= 0.6 is 23.2 Å². The Bertz CT molecular complexity index is 1150. The lowest BCUT2D eigenvalue weighted by atomic mass is 10.0. The first-order valence-electron chi connectivity index (χ1n) is 12.0. The van der Waals surface area contributed by atoms with Crippen LogP contribution in [0.2, 0.25) is 10.0 Å². The van der Waals surface area contributed by atoms with Crippen LogP contribution in [0, 0.1) is 0 Å². The summed E-state index contributed by atoms with van der Waals surface area (Å²) in [7, 11) is 1.60. The molecule has 0 aliphatic rings. The monoisotopic (exact) mass is 526 g/mol. The van der Waals surface area contributed by atoms with Gasteiger partial charge in [-0.05, 0) is 54.3 Å². The second-order valence-electron chi connectivity index (χ2n) is 8.82. The standard InChI is InChI=1S/C29H32Cl2N2O3/c1-4-20(2)32-29(35)27(17-21-8-6-5-7-9-21)33(19-23-12-15-25(30)26(31)16-23)28(34)18-22-10-13-24(36-3)14-11-22/h5-16,20,27H,4,17-19H2,1-3H3,(H,32,35)/t20-,27-/m0/s1. The molecule has 3 rings (SSSR count). The first-order chi connectivity index (χ1) is 17.3. The summed E-state index contributed by atoms with van der Waals surface area (Å²) in [5.74, 6) is 0.372. The van der Waals surface area contributed by atoms with Crippen LogP contribution in [0.1, 0.15) is 37.0 Å². The van der Waals surface area contributed by atoms with Crippen molar-refractivity contribution in [3.05, 3.63) is 99.5 Å². The zero-order valence-electron chi connectivity index (χ0n) is 20.8. The second kappa shape index (κ2) is 13.3. The van der Waals surface area contributed by atoms with Crippen molar-refractivity contribution in [1.29, 1.82) is 0 Å². The first-order valence-corrected chi connectivity index (χ1v) is 12.8. The van der Waals surface area contributed by atoms with Crippen LogP contribution in [-0.2, 0) is 29.0 Å². The molecule has 2 amide bonds. The van der Waals surface area contributed by atoms with Gasteiger partial charge in [0.1, 0.15) is 11.8 Å². The number of carbonyl (C=O) groups excluding carboxylic acids is 2. The van der Waals surface area contributed by atoms with Crippen molar-refractivity contribution in [2.45, 2.75) is 51.7 Å². The van der Waals surface area contributed by atoms with Gasteiger partial charge in [0.25, 0.3) is 0 Å². The average Bonchev–Trinajstić information content (AvgIpc) is 2.89. The summed E-state index contributed by atoms with van der Waals surface area (Å²) in [5, 5.41) is 3.91. The number of ether oxygens (including phenoxy) is 1. The first kappa shape index (κ1) is 27.6. The number of benzene rings is 3. The van der Waals surface area contributed by atoms with Crippen molar-refractivity contribution in [3.8, 4) is 5.75 Å². The van der Waals surface area contributed by atoms with E-state index in [1.165, 1.54) is 0 Å². The predicted molar refractivity (Wildman–Crippen MR) is 146 cm³/mol. The zero-order chi connectivity index (χ0) is 26.1. The Morgan fingerprint density at radius 1 is 0.917 bits per heavy atom. The average molecular weight is 527 g/mol. The van der Waals surface area contributed by atoms with Gasteiger partial charge in [-0.2, -0.15) is 0 Å². The maximum atomic E-state index is 13.8. The number of carbonyl (C=O) groups is 2. The number of methoxy groups -OCH3 is 1. The van der Waals surface area contributed by atoms with Gasteiger partial charge in [-0.25, -0.2) is 0 Å². The minimum atomic E-state index is -0.707. The Kier molecular flexibility index (Phi) is 10.2. The van der Waals surface area contributed by atoms with Gasteiger partial charge in [-0.15, -0.1) is 0 Å². The van der Waals surface area contributed by atoms with Gasteiger partial charge in [0.05, 0.1) is 23.6 Å². The van der Waals surface area contributed by atoms with E-state index in [4.69, 9.17) is 27.9 Å². The fourth-order valence-corrected chi connectivity index (χ4v) is 4.17. The largest absolute Gasteiger partial charge is 0.497 e. The van der Waals surface area contributed by atoms with Crippen LogP contribution in [0.3, 0.4) is 0 Å². The van der Waals surface area contributed by atoms with Crippen LogP contribution in [0.15, 0.2) is 72.8 Å². The van der Waals surface area contributed by atoms with Gasteiger partial charge >= 0.3 is 0 Å². The molecule has 0 saturated carbocycles. The van der Waals surface area contributed by atoms with Gasteiger partial charge in [-0.3, -0.25) is 9.59 Å². The SMILES string of the molecule is CC[C@H](C)NC(=O)[C@H](Cc1ccccc1)N(Cc1ccc(Cl)c(Cl)c1)C(=O)Cc1ccc(OC)cc1. The Morgan fingerprint density at radius 3 is 2.19 bits per heavy atom. The molecule has 0 bridgehead atoms. The van der Waals surface area contributed by atoms with Crippen LogP contribution < -0.4 is 10.1 Å². The van der Waals surface area contributed by atoms with Crippen molar-refractivity contribution < 1.29 is 14.3 Å². The Hall–Kier alpha value is -3.02. The molecular formula is C29H32Cl2N2O3. The molecule has 0 spiro atoms. The van der Waals surface area contributed by atoms with Crippen molar-refractivity contribution in [2.75, 3.05) is 7.11 Å². The third-order valence-corrected chi connectivity index (χ3v) is 6.86. The number of hydrogen-bond donors (Lipinski definition) is 1. The normalized spacial score (nSPS) is 12.5. The smallest absolute Gasteiger partial charge is 0.243 e. The summed E-state index contributed by atoms with van der Waals surface area (Å²) in [4.78, 5) is 29.0. The molecule has 3 aromatic rings. The molecule has 0 fully saturated rings. The molecule has 5 nitrogen and oxygen atoms in total. The molecule has 0 aromatic heterocycles. The van der Waals surface area contributed by atoms with E-state index in [-0.39, 0.29) is 30.8 Å². The molecule has 36 heavy (non-hydrogen) atoms. The molecule has 0 aliphatic carbocycles. The van der Waals surface area contributed by atoms with Crippen molar-refractivity contribution in [1.82, 2.24) is 10.2 Å². The lowest BCUT2D eigenvalue weighted by Crippen LogP contribution is -2.52. The van der Waals surface area contributed by atoms with E-state index >= 15 is 0 Å². The van der Waals surface area contributed by atoms with Gasteiger partial charge < -0.3 is 15.0 Å². The van der Waals surface area contributed by atoms with Gasteiger partial charge in [0.15, 0.2) is 0 Å². The highest BCUT2D eigenvalue weighted by molar-refractivity contribution is 6.42. The fraction of sp³-hybridized carbons (Fsp3) is 0.310. The summed E-state index contributed by atoms with van der Waals surface area (Å²) in [6.45, 7) is 4.19. The quantitative estimate of drug-likeness (QED) is 0.328. The minimum absolute atomic E-state index is 0.0145. The number of hydrogen-bond acceptors (Lipinski definition) is 3. The van der Waals surface area contributed by atoms with E-state index in [1.807, 2.05) is 74.5 Å². The molecule has 0 heterocycles.